The highest BCUT2D eigenvalue weighted by Gasteiger charge is 2.26. The molecule has 0 aromatic heterocycles. The molecule has 0 radical (unpaired) electrons. The Labute approximate surface area is 201 Å². The number of allylic oxidation sites excluding steroid dienone is 1. The Morgan fingerprint density at radius 1 is 0.909 bits per heavy atom. The highest BCUT2D eigenvalue weighted by molar-refractivity contribution is 5.50. The lowest BCUT2D eigenvalue weighted by atomic mass is 9.78. The van der Waals surface area contributed by atoms with Crippen LogP contribution in [0.1, 0.15) is 96.4 Å². The predicted octanol–water partition coefficient (Wildman–Crippen LogP) is 8.21. The molecule has 0 bridgehead atoms. The van der Waals surface area contributed by atoms with E-state index in [1.807, 2.05) is 0 Å². The monoisotopic (exact) mass is 452 g/mol. The second-order valence-corrected chi connectivity index (χ2v) is 11.6. The number of phenols is 1. The van der Waals surface area contributed by atoms with Crippen LogP contribution in [-0.4, -0.2) is 11.7 Å². The highest BCUT2D eigenvalue weighted by Crippen LogP contribution is 2.40. The number of hydrogen-bond donors (Lipinski definition) is 1. The zero-order valence-corrected chi connectivity index (χ0v) is 22.0. The minimum atomic E-state index is -0.162. The molecule has 0 heterocycles. The van der Waals surface area contributed by atoms with Gasteiger partial charge in [0.15, 0.2) is 0 Å². The van der Waals surface area contributed by atoms with Gasteiger partial charge in [-0.25, -0.2) is 0 Å². The minimum absolute atomic E-state index is 0.162. The van der Waals surface area contributed by atoms with Crippen LogP contribution < -0.4 is 0 Å². The molecule has 0 spiro atoms. The summed E-state index contributed by atoms with van der Waals surface area (Å²) in [6, 6.07) is 14.8. The zero-order chi connectivity index (χ0) is 24.8. The predicted molar refractivity (Wildman–Crippen MR) is 139 cm³/mol. The van der Waals surface area contributed by atoms with Gasteiger partial charge < -0.3 is 9.99 Å². The zero-order valence-electron chi connectivity index (χ0n) is 22.0. The maximum atomic E-state index is 10.9. The third kappa shape index (κ3) is 8.23. The van der Waals surface area contributed by atoms with Crippen molar-refractivity contribution in [2.75, 3.05) is 6.61 Å². The fourth-order valence-electron chi connectivity index (χ4n) is 4.00. The quantitative estimate of drug-likeness (QED) is 0.224. The molecule has 3 nitrogen and oxygen atoms in total. The molecule has 2 unspecified atom stereocenters. The van der Waals surface area contributed by atoms with Gasteiger partial charge in [0.25, 0.3) is 0 Å². The van der Waals surface area contributed by atoms with Gasteiger partial charge in [-0.2, -0.15) is 4.89 Å². The van der Waals surface area contributed by atoms with E-state index in [2.05, 4.69) is 104 Å². The van der Waals surface area contributed by atoms with Gasteiger partial charge in [0.05, 0.1) is 6.61 Å². The number of aromatic hydroxyl groups is 1. The van der Waals surface area contributed by atoms with Gasteiger partial charge >= 0.3 is 0 Å². The molecular formula is C30H44O3. The van der Waals surface area contributed by atoms with Crippen molar-refractivity contribution in [3.05, 3.63) is 77.1 Å². The van der Waals surface area contributed by atoms with E-state index in [0.29, 0.717) is 36.4 Å². The summed E-state index contributed by atoms with van der Waals surface area (Å²) in [5, 5.41) is 10.9. The van der Waals surface area contributed by atoms with Crippen molar-refractivity contribution in [2.45, 2.75) is 91.4 Å². The summed E-state index contributed by atoms with van der Waals surface area (Å²) in [4.78, 5) is 11.1. The maximum absolute atomic E-state index is 10.9. The standard InChI is InChI=1S/C30H44O3/c1-21(15-16-22(2)25-13-11-10-12-14-25)20-32-33-23(3)17-24-18-26(29(4,5)6)28(31)27(19-24)30(7,8)9/h10-14,18-19,21-22,31H,3,15-17,20H2,1-2,4-9H3. The van der Waals surface area contributed by atoms with Crippen molar-refractivity contribution in [1.29, 1.82) is 0 Å². The van der Waals surface area contributed by atoms with Crippen LogP contribution in [0.15, 0.2) is 54.8 Å². The third-order valence-electron chi connectivity index (χ3n) is 6.18. The van der Waals surface area contributed by atoms with Crippen LogP contribution in [0.5, 0.6) is 5.75 Å². The lowest BCUT2D eigenvalue weighted by Crippen LogP contribution is -2.18. The number of hydrogen-bond acceptors (Lipinski definition) is 3. The van der Waals surface area contributed by atoms with E-state index in [9.17, 15) is 5.11 Å². The third-order valence-corrected chi connectivity index (χ3v) is 6.18. The fraction of sp³-hybridized carbons (Fsp3) is 0.533. The normalized spacial score (nSPS) is 14.1. The molecule has 2 aromatic rings. The molecule has 0 aliphatic heterocycles. The maximum Gasteiger partial charge on any atom is 0.139 e. The van der Waals surface area contributed by atoms with Crippen LogP contribution in [0, 0.1) is 5.92 Å². The molecule has 2 aromatic carbocycles. The van der Waals surface area contributed by atoms with Crippen LogP contribution in [-0.2, 0) is 27.0 Å². The summed E-state index contributed by atoms with van der Waals surface area (Å²) >= 11 is 0. The van der Waals surface area contributed by atoms with Gasteiger partial charge in [-0.15, -0.1) is 0 Å². The Bertz CT molecular complexity index is 865. The van der Waals surface area contributed by atoms with Crippen molar-refractivity contribution in [1.82, 2.24) is 0 Å². The van der Waals surface area contributed by atoms with Crippen molar-refractivity contribution in [3.8, 4) is 5.75 Å². The van der Waals surface area contributed by atoms with E-state index in [1.54, 1.807) is 0 Å². The van der Waals surface area contributed by atoms with Crippen molar-refractivity contribution in [2.24, 2.45) is 5.92 Å². The summed E-state index contributed by atoms with van der Waals surface area (Å²) in [5.74, 6) is 1.90. The second-order valence-electron chi connectivity index (χ2n) is 11.6. The van der Waals surface area contributed by atoms with Crippen molar-refractivity contribution < 1.29 is 14.9 Å². The number of benzene rings is 2. The Kier molecular flexibility index (Phi) is 9.20. The van der Waals surface area contributed by atoms with Gasteiger partial charge in [0.1, 0.15) is 11.5 Å². The van der Waals surface area contributed by atoms with Crippen molar-refractivity contribution >= 4 is 0 Å². The first kappa shape index (κ1) is 27.0. The smallest absolute Gasteiger partial charge is 0.139 e. The van der Waals surface area contributed by atoms with Crippen LogP contribution >= 0.6 is 0 Å². The molecule has 0 saturated heterocycles. The molecule has 2 atom stereocenters. The van der Waals surface area contributed by atoms with Crippen LogP contribution in [0.2, 0.25) is 0 Å². The molecule has 0 fully saturated rings. The molecular weight excluding hydrogens is 408 g/mol. The van der Waals surface area contributed by atoms with Gasteiger partial charge in [0, 0.05) is 6.42 Å². The molecule has 182 valence electrons. The lowest BCUT2D eigenvalue weighted by Gasteiger charge is -2.28. The number of phenolic OH excluding ortho intramolecular Hbond substituents is 1. The van der Waals surface area contributed by atoms with E-state index < -0.39 is 0 Å². The van der Waals surface area contributed by atoms with E-state index in [1.165, 1.54) is 5.56 Å². The minimum Gasteiger partial charge on any atom is -0.507 e. The first-order valence-corrected chi connectivity index (χ1v) is 12.2. The molecule has 0 saturated carbocycles. The Hall–Kier alpha value is -2.26. The van der Waals surface area contributed by atoms with Gasteiger partial charge in [0.2, 0.25) is 0 Å². The van der Waals surface area contributed by atoms with E-state index in [0.717, 1.165) is 29.5 Å². The average molecular weight is 453 g/mol. The largest absolute Gasteiger partial charge is 0.507 e. The SMILES string of the molecule is C=C(Cc1cc(C(C)(C)C)c(O)c(C(C)(C)C)c1)OOCC(C)CCC(C)c1ccccc1. The van der Waals surface area contributed by atoms with Crippen LogP contribution in [0.3, 0.4) is 0 Å². The van der Waals surface area contributed by atoms with Gasteiger partial charge in [-0.1, -0.05) is 104 Å². The Morgan fingerprint density at radius 2 is 1.45 bits per heavy atom. The number of rotatable bonds is 10. The molecule has 0 amide bonds. The Morgan fingerprint density at radius 3 is 1.97 bits per heavy atom. The summed E-state index contributed by atoms with van der Waals surface area (Å²) in [5.41, 5.74) is 4.02. The van der Waals surface area contributed by atoms with Crippen LogP contribution in [0.25, 0.3) is 0 Å². The molecule has 3 heteroatoms. The van der Waals surface area contributed by atoms with Crippen LogP contribution in [0.4, 0.5) is 0 Å². The average Bonchev–Trinajstić information content (AvgIpc) is 2.72. The molecule has 1 N–H and O–H groups in total. The summed E-state index contributed by atoms with van der Waals surface area (Å²) < 4.78 is 0. The van der Waals surface area contributed by atoms with Crippen molar-refractivity contribution in [3.63, 3.8) is 0 Å². The summed E-state index contributed by atoms with van der Waals surface area (Å²) in [6.07, 6.45) is 2.74. The van der Waals surface area contributed by atoms with E-state index >= 15 is 0 Å². The van der Waals surface area contributed by atoms with E-state index in [-0.39, 0.29) is 10.8 Å². The van der Waals surface area contributed by atoms with Gasteiger partial charge in [-0.05, 0) is 57.8 Å². The molecule has 0 aliphatic rings. The molecule has 33 heavy (non-hydrogen) atoms. The van der Waals surface area contributed by atoms with E-state index in [4.69, 9.17) is 9.78 Å². The first-order chi connectivity index (χ1) is 15.3. The summed E-state index contributed by atoms with van der Waals surface area (Å²) in [7, 11) is 0. The summed E-state index contributed by atoms with van der Waals surface area (Å²) in [6.45, 7) is 21.8. The second kappa shape index (κ2) is 11.2. The lowest BCUT2D eigenvalue weighted by molar-refractivity contribution is -0.269. The molecule has 2 rings (SSSR count). The Balaban J connectivity index is 1.90. The topological polar surface area (TPSA) is 38.7 Å². The first-order valence-electron chi connectivity index (χ1n) is 12.2. The molecule has 0 aliphatic carbocycles. The highest BCUT2D eigenvalue weighted by atomic mass is 17.2. The van der Waals surface area contributed by atoms with Gasteiger partial charge in [-0.3, -0.25) is 0 Å². The fourth-order valence-corrected chi connectivity index (χ4v) is 4.00.